The largest absolute Gasteiger partial charge is 0.444 e. The van der Waals surface area contributed by atoms with Gasteiger partial charge in [0.1, 0.15) is 17.1 Å². The smallest absolute Gasteiger partial charge is 0.410 e. The van der Waals surface area contributed by atoms with E-state index in [0.717, 1.165) is 24.7 Å². The highest BCUT2D eigenvalue weighted by Crippen LogP contribution is 2.56. The lowest BCUT2D eigenvalue weighted by atomic mass is 10.2. The first-order valence-corrected chi connectivity index (χ1v) is 11.1. The van der Waals surface area contributed by atoms with Crippen LogP contribution in [0.2, 0.25) is 0 Å². The Kier molecular flexibility index (Phi) is 4.72. The summed E-state index contributed by atoms with van der Waals surface area (Å²) in [6.07, 6.45) is 0.322. The molecule has 2 unspecified atom stereocenters. The van der Waals surface area contributed by atoms with Crippen molar-refractivity contribution in [2.75, 3.05) is 44.3 Å². The van der Waals surface area contributed by atoms with Crippen LogP contribution in [0.5, 0.6) is 0 Å². The number of nitrogens with zero attached hydrogens (tertiary/aromatic N) is 5. The van der Waals surface area contributed by atoms with E-state index in [-0.39, 0.29) is 11.7 Å². The lowest BCUT2D eigenvalue weighted by molar-refractivity contribution is 0.0240. The van der Waals surface area contributed by atoms with Crippen LogP contribution in [-0.2, 0) is 15.9 Å². The molecule has 168 valence electrons. The second-order valence-electron chi connectivity index (χ2n) is 9.66. The number of H-pyrrole nitrogens is 1. The fourth-order valence-electron chi connectivity index (χ4n) is 4.76. The molecule has 3 aliphatic rings. The molecule has 2 aliphatic heterocycles. The lowest BCUT2D eigenvalue weighted by Gasteiger charge is -2.36. The van der Waals surface area contributed by atoms with Crippen molar-refractivity contribution in [1.82, 2.24) is 24.5 Å². The molecule has 0 aromatic carbocycles. The standard InChI is InChI=1S/C21H30N6O4/c1-5-14-16(25-6-8-26(9-7-25)20(29)31-21(2,3)4)18(28)27-19(22-14)23-17(24-27)15-12-10-30-11-13(12)15/h12-13,15H,5-11H2,1-4H3,(H,22,23,24). The van der Waals surface area contributed by atoms with Gasteiger partial charge in [-0.15, -0.1) is 0 Å². The number of aryl methyl sites for hydroxylation is 1. The number of fused-ring (bicyclic) bond motifs is 2. The molecule has 10 heteroatoms. The topological polar surface area (TPSA) is 105 Å². The minimum Gasteiger partial charge on any atom is -0.444 e. The summed E-state index contributed by atoms with van der Waals surface area (Å²) < 4.78 is 12.4. The maximum Gasteiger partial charge on any atom is 0.410 e. The molecule has 5 rings (SSSR count). The molecule has 4 heterocycles. The van der Waals surface area contributed by atoms with Gasteiger partial charge in [0.05, 0.1) is 18.9 Å². The van der Waals surface area contributed by atoms with Gasteiger partial charge in [-0.3, -0.25) is 9.89 Å². The number of ether oxygens (including phenoxy) is 2. The summed E-state index contributed by atoms with van der Waals surface area (Å²) in [5, 5.41) is 3.20. The molecule has 10 nitrogen and oxygen atoms in total. The third-order valence-corrected chi connectivity index (χ3v) is 6.41. The van der Waals surface area contributed by atoms with Crippen LogP contribution in [0.4, 0.5) is 10.5 Å². The molecule has 1 N–H and O–H groups in total. The number of aromatic amines is 1. The molecule has 0 spiro atoms. The van der Waals surface area contributed by atoms with E-state index in [1.54, 1.807) is 4.90 Å². The van der Waals surface area contributed by atoms with Gasteiger partial charge in [0.15, 0.2) is 0 Å². The van der Waals surface area contributed by atoms with E-state index in [9.17, 15) is 9.59 Å². The summed E-state index contributed by atoms with van der Waals surface area (Å²) in [6, 6.07) is 0. The number of rotatable bonds is 3. The minimum atomic E-state index is -0.526. The molecular formula is C21H30N6O4. The molecule has 1 amide bonds. The zero-order valence-electron chi connectivity index (χ0n) is 18.6. The van der Waals surface area contributed by atoms with Gasteiger partial charge in [0, 0.05) is 32.1 Å². The molecule has 0 radical (unpaired) electrons. The number of carbonyl (C=O) groups is 1. The van der Waals surface area contributed by atoms with E-state index in [1.807, 2.05) is 32.6 Å². The Morgan fingerprint density at radius 2 is 1.84 bits per heavy atom. The Bertz CT molecular complexity index is 1050. The summed E-state index contributed by atoms with van der Waals surface area (Å²) in [6.45, 7) is 11.2. The summed E-state index contributed by atoms with van der Waals surface area (Å²) in [7, 11) is 0. The van der Waals surface area contributed by atoms with Crippen LogP contribution < -0.4 is 10.5 Å². The van der Waals surface area contributed by atoms with E-state index in [2.05, 4.69) is 10.1 Å². The first-order chi connectivity index (χ1) is 14.8. The van der Waals surface area contributed by atoms with Crippen LogP contribution in [0.1, 0.15) is 45.1 Å². The quantitative estimate of drug-likeness (QED) is 0.785. The normalized spacial score (nSPS) is 25.7. The third-order valence-electron chi connectivity index (χ3n) is 6.41. The highest BCUT2D eigenvalue weighted by molar-refractivity contribution is 5.68. The first-order valence-electron chi connectivity index (χ1n) is 11.1. The lowest BCUT2D eigenvalue weighted by Crippen LogP contribution is -2.51. The van der Waals surface area contributed by atoms with Gasteiger partial charge in [-0.05, 0) is 39.0 Å². The van der Waals surface area contributed by atoms with Gasteiger partial charge >= 0.3 is 6.09 Å². The van der Waals surface area contributed by atoms with Crippen molar-refractivity contribution >= 4 is 17.6 Å². The maximum atomic E-state index is 13.4. The summed E-state index contributed by atoms with van der Waals surface area (Å²) in [5.74, 6) is 2.60. The number of hydrogen-bond donors (Lipinski definition) is 1. The average Bonchev–Trinajstić information content (AvgIpc) is 3.07. The van der Waals surface area contributed by atoms with Gasteiger partial charge in [0.2, 0.25) is 0 Å². The molecule has 2 atom stereocenters. The van der Waals surface area contributed by atoms with Crippen molar-refractivity contribution in [2.45, 2.75) is 45.6 Å². The molecule has 2 aromatic heterocycles. The predicted octanol–water partition coefficient (Wildman–Crippen LogP) is 1.40. The average molecular weight is 431 g/mol. The Labute approximate surface area is 180 Å². The van der Waals surface area contributed by atoms with E-state index in [1.165, 1.54) is 4.52 Å². The number of carbonyl (C=O) groups excluding carboxylic acids is 1. The van der Waals surface area contributed by atoms with E-state index < -0.39 is 5.60 Å². The third kappa shape index (κ3) is 3.56. The van der Waals surface area contributed by atoms with Crippen molar-refractivity contribution < 1.29 is 14.3 Å². The Morgan fingerprint density at radius 1 is 1.16 bits per heavy atom. The van der Waals surface area contributed by atoms with Gasteiger partial charge < -0.3 is 19.3 Å². The number of piperazine rings is 1. The van der Waals surface area contributed by atoms with Crippen molar-refractivity contribution in [3.8, 4) is 0 Å². The van der Waals surface area contributed by atoms with Crippen molar-refractivity contribution in [3.63, 3.8) is 0 Å². The molecule has 0 bridgehead atoms. The Morgan fingerprint density at radius 3 is 2.45 bits per heavy atom. The highest BCUT2D eigenvalue weighted by Gasteiger charge is 2.56. The van der Waals surface area contributed by atoms with Gasteiger partial charge in [-0.25, -0.2) is 9.78 Å². The molecule has 2 saturated heterocycles. The fourth-order valence-corrected chi connectivity index (χ4v) is 4.76. The number of hydrogen-bond acceptors (Lipinski definition) is 7. The molecule has 1 aliphatic carbocycles. The summed E-state index contributed by atoms with van der Waals surface area (Å²) in [5.41, 5.74) is 0.682. The van der Waals surface area contributed by atoms with E-state index >= 15 is 0 Å². The molecule has 2 aromatic rings. The van der Waals surface area contributed by atoms with E-state index in [0.29, 0.717) is 61.8 Å². The van der Waals surface area contributed by atoms with Crippen LogP contribution in [0.3, 0.4) is 0 Å². The van der Waals surface area contributed by atoms with E-state index in [4.69, 9.17) is 14.5 Å². The first kappa shape index (κ1) is 20.3. The van der Waals surface area contributed by atoms with Crippen molar-refractivity contribution in [1.29, 1.82) is 0 Å². The van der Waals surface area contributed by atoms with Crippen molar-refractivity contribution in [3.05, 3.63) is 21.9 Å². The van der Waals surface area contributed by atoms with Gasteiger partial charge in [-0.2, -0.15) is 9.50 Å². The monoisotopic (exact) mass is 430 g/mol. The number of aromatic nitrogens is 4. The van der Waals surface area contributed by atoms with Crippen LogP contribution >= 0.6 is 0 Å². The molecule has 3 fully saturated rings. The van der Waals surface area contributed by atoms with Crippen LogP contribution in [0, 0.1) is 11.8 Å². The second kappa shape index (κ2) is 7.22. The molecule has 31 heavy (non-hydrogen) atoms. The maximum absolute atomic E-state index is 13.4. The second-order valence-corrected chi connectivity index (χ2v) is 9.66. The van der Waals surface area contributed by atoms with Crippen LogP contribution in [-0.4, -0.2) is 75.6 Å². The fraction of sp³-hybridized carbons (Fsp3) is 0.714. The minimum absolute atomic E-state index is 0.131. The summed E-state index contributed by atoms with van der Waals surface area (Å²) in [4.78, 5) is 38.8. The van der Waals surface area contributed by atoms with Crippen LogP contribution in [0.15, 0.2) is 4.79 Å². The molecule has 1 saturated carbocycles. The highest BCUT2D eigenvalue weighted by atomic mass is 16.6. The van der Waals surface area contributed by atoms with Gasteiger partial charge in [0.25, 0.3) is 11.3 Å². The summed E-state index contributed by atoms with van der Waals surface area (Å²) >= 11 is 0. The van der Waals surface area contributed by atoms with Crippen molar-refractivity contribution in [2.24, 2.45) is 11.8 Å². The number of nitrogens with one attached hydrogen (secondary N) is 1. The zero-order chi connectivity index (χ0) is 21.9. The van der Waals surface area contributed by atoms with Crippen LogP contribution in [0.25, 0.3) is 5.78 Å². The Balaban J connectivity index is 1.38. The molecular weight excluding hydrogens is 400 g/mol. The SMILES string of the molecule is CCc1nc2nc(C3C4COCC43)[nH]n2c(=O)c1N1CCN(C(=O)OC(C)(C)C)CC1. The van der Waals surface area contributed by atoms with Gasteiger partial charge in [-0.1, -0.05) is 6.92 Å². The Hall–Kier alpha value is -2.62. The number of amides is 1. The zero-order valence-corrected chi connectivity index (χ0v) is 18.6. The number of anilines is 1. The predicted molar refractivity (Wildman–Crippen MR) is 114 cm³/mol.